The molecule has 3 N–H and O–H groups in total. The fraction of sp³-hybridized carbons (Fsp3) is 0.182. The first-order chi connectivity index (χ1) is 7.52. The van der Waals surface area contributed by atoms with E-state index in [1.54, 1.807) is 25.1 Å². The lowest BCUT2D eigenvalue weighted by Crippen LogP contribution is -2.21. The van der Waals surface area contributed by atoms with Gasteiger partial charge in [-0.2, -0.15) is 0 Å². The van der Waals surface area contributed by atoms with E-state index >= 15 is 0 Å². The molecule has 0 amide bonds. The fourth-order valence-electron chi connectivity index (χ4n) is 1.74. The van der Waals surface area contributed by atoms with E-state index in [0.29, 0.717) is 27.3 Å². The molecule has 0 bridgehead atoms. The first-order valence-corrected chi connectivity index (χ1v) is 5.06. The Morgan fingerprint density at radius 3 is 2.88 bits per heavy atom. The number of carboxylic acids is 1. The van der Waals surface area contributed by atoms with Crippen molar-refractivity contribution in [1.29, 1.82) is 0 Å². The van der Waals surface area contributed by atoms with E-state index < -0.39 is 12.0 Å². The van der Waals surface area contributed by atoms with Crippen molar-refractivity contribution in [2.24, 2.45) is 5.73 Å². The number of fused-ring (bicyclic) bond motifs is 1. The highest BCUT2D eigenvalue weighted by molar-refractivity contribution is 6.35. The molecule has 0 saturated carbocycles. The number of benzene rings is 1. The van der Waals surface area contributed by atoms with Crippen molar-refractivity contribution >= 4 is 28.5 Å². The molecule has 0 aliphatic rings. The second kappa shape index (κ2) is 3.81. The van der Waals surface area contributed by atoms with Gasteiger partial charge < -0.3 is 15.3 Å². The lowest BCUT2D eigenvalue weighted by atomic mass is 10.0. The third kappa shape index (κ3) is 1.56. The predicted octanol–water partition coefficient (Wildman–Crippen LogP) is 2.48. The maximum absolute atomic E-state index is 10.9. The summed E-state index contributed by atoms with van der Waals surface area (Å²) >= 11 is 6.02. The van der Waals surface area contributed by atoms with Gasteiger partial charge >= 0.3 is 5.97 Å². The molecular formula is C11H10ClNO3. The molecule has 1 atom stereocenters. The summed E-state index contributed by atoms with van der Waals surface area (Å²) in [6.07, 6.45) is 0. The van der Waals surface area contributed by atoms with Gasteiger partial charge in [0.25, 0.3) is 0 Å². The molecule has 5 heteroatoms. The number of carboxylic acid groups (broad SMARTS) is 1. The van der Waals surface area contributed by atoms with Crippen molar-refractivity contribution in [2.75, 3.05) is 0 Å². The zero-order valence-corrected chi connectivity index (χ0v) is 9.28. The maximum Gasteiger partial charge on any atom is 0.325 e. The van der Waals surface area contributed by atoms with E-state index in [0.717, 1.165) is 0 Å². The Bertz CT molecular complexity index is 562. The highest BCUT2D eigenvalue weighted by atomic mass is 35.5. The third-order valence-corrected chi connectivity index (χ3v) is 2.78. The summed E-state index contributed by atoms with van der Waals surface area (Å²) in [5.74, 6) is -0.622. The molecule has 1 heterocycles. The molecule has 1 unspecified atom stereocenters. The van der Waals surface area contributed by atoms with Gasteiger partial charge in [0.05, 0.1) is 5.02 Å². The van der Waals surface area contributed by atoms with Crippen LogP contribution in [0.5, 0.6) is 0 Å². The molecule has 84 valence electrons. The van der Waals surface area contributed by atoms with E-state index in [2.05, 4.69) is 0 Å². The number of carbonyl (C=O) groups is 1. The van der Waals surface area contributed by atoms with Gasteiger partial charge in [-0.3, -0.25) is 4.79 Å². The second-order valence-corrected chi connectivity index (χ2v) is 3.91. The van der Waals surface area contributed by atoms with Gasteiger partial charge in [0, 0.05) is 10.9 Å². The Morgan fingerprint density at radius 2 is 2.25 bits per heavy atom. The summed E-state index contributed by atoms with van der Waals surface area (Å²) in [7, 11) is 0. The average Bonchev–Trinajstić information content (AvgIpc) is 2.54. The van der Waals surface area contributed by atoms with Crippen molar-refractivity contribution in [3.05, 3.63) is 34.5 Å². The third-order valence-electron chi connectivity index (χ3n) is 2.46. The van der Waals surface area contributed by atoms with Crippen molar-refractivity contribution < 1.29 is 14.3 Å². The summed E-state index contributed by atoms with van der Waals surface area (Å²) < 4.78 is 5.42. The number of aliphatic carboxylic acids is 1. The molecule has 16 heavy (non-hydrogen) atoms. The summed E-state index contributed by atoms with van der Waals surface area (Å²) in [5.41, 5.74) is 6.59. The van der Waals surface area contributed by atoms with Gasteiger partial charge in [-0.05, 0) is 19.1 Å². The van der Waals surface area contributed by atoms with Crippen LogP contribution in [0, 0.1) is 6.92 Å². The number of hydrogen-bond donors (Lipinski definition) is 2. The van der Waals surface area contributed by atoms with E-state index in [-0.39, 0.29) is 0 Å². The molecule has 0 radical (unpaired) electrons. The van der Waals surface area contributed by atoms with Gasteiger partial charge in [-0.1, -0.05) is 17.7 Å². The molecule has 0 saturated heterocycles. The van der Waals surface area contributed by atoms with Crippen molar-refractivity contribution in [3.8, 4) is 0 Å². The molecule has 0 aliphatic carbocycles. The lowest BCUT2D eigenvalue weighted by molar-refractivity contribution is -0.138. The Hall–Kier alpha value is -1.52. The fourth-order valence-corrected chi connectivity index (χ4v) is 2.01. The first kappa shape index (κ1) is 11.0. The average molecular weight is 240 g/mol. The van der Waals surface area contributed by atoms with Crippen LogP contribution in [0.25, 0.3) is 11.0 Å². The van der Waals surface area contributed by atoms with Gasteiger partial charge in [-0.15, -0.1) is 0 Å². The topological polar surface area (TPSA) is 76.5 Å². The van der Waals surface area contributed by atoms with Crippen LogP contribution in [0.3, 0.4) is 0 Å². The van der Waals surface area contributed by atoms with E-state index in [1.165, 1.54) is 0 Å². The quantitative estimate of drug-likeness (QED) is 0.844. The molecular weight excluding hydrogens is 230 g/mol. The van der Waals surface area contributed by atoms with Crippen LogP contribution >= 0.6 is 11.6 Å². The van der Waals surface area contributed by atoms with Gasteiger partial charge in [0.2, 0.25) is 0 Å². The monoisotopic (exact) mass is 239 g/mol. The molecule has 2 rings (SSSR count). The molecule has 1 aromatic heterocycles. The van der Waals surface area contributed by atoms with Crippen LogP contribution in [0.4, 0.5) is 0 Å². The van der Waals surface area contributed by atoms with E-state index in [4.69, 9.17) is 26.9 Å². The van der Waals surface area contributed by atoms with Gasteiger partial charge in [0.15, 0.2) is 0 Å². The first-order valence-electron chi connectivity index (χ1n) is 4.68. The Labute approximate surface area is 96.6 Å². The summed E-state index contributed by atoms with van der Waals surface area (Å²) in [6.45, 7) is 1.68. The second-order valence-electron chi connectivity index (χ2n) is 3.50. The van der Waals surface area contributed by atoms with E-state index in [1.807, 2.05) is 0 Å². The molecule has 4 nitrogen and oxygen atoms in total. The Kier molecular flexibility index (Phi) is 2.61. The minimum absolute atomic E-state index is 0.438. The molecule has 0 aliphatic heterocycles. The summed E-state index contributed by atoms with van der Waals surface area (Å²) in [6, 6.07) is 4.02. The summed E-state index contributed by atoms with van der Waals surface area (Å²) in [5, 5.41) is 9.94. The molecule has 1 aromatic carbocycles. The van der Waals surface area contributed by atoms with Crippen molar-refractivity contribution in [2.45, 2.75) is 13.0 Å². The van der Waals surface area contributed by atoms with Crippen molar-refractivity contribution in [1.82, 2.24) is 0 Å². The Morgan fingerprint density at radius 1 is 1.56 bits per heavy atom. The zero-order chi connectivity index (χ0) is 11.9. The number of rotatable bonds is 2. The van der Waals surface area contributed by atoms with Crippen molar-refractivity contribution in [3.63, 3.8) is 0 Å². The number of halogens is 1. The highest BCUT2D eigenvalue weighted by Crippen LogP contribution is 2.34. The number of aryl methyl sites for hydroxylation is 1. The standard InChI is InChI=1S/C11H10ClNO3/c1-5-8(10(13)11(14)15)9-6(12)3-2-4-7(9)16-5/h2-4,10H,13H2,1H3,(H,14,15). The number of nitrogens with two attached hydrogens (primary N) is 1. The van der Waals surface area contributed by atoms with Crippen LogP contribution in [0.1, 0.15) is 17.4 Å². The van der Waals surface area contributed by atoms with E-state index in [9.17, 15) is 4.79 Å². The Balaban J connectivity index is 2.77. The predicted molar refractivity (Wildman–Crippen MR) is 60.5 cm³/mol. The summed E-state index contributed by atoms with van der Waals surface area (Å²) in [4.78, 5) is 10.9. The minimum Gasteiger partial charge on any atom is -0.480 e. The van der Waals surface area contributed by atoms with Crippen LogP contribution in [0.15, 0.2) is 22.6 Å². The maximum atomic E-state index is 10.9. The van der Waals surface area contributed by atoms with Crippen LogP contribution in [-0.4, -0.2) is 11.1 Å². The van der Waals surface area contributed by atoms with Gasteiger partial charge in [-0.25, -0.2) is 0 Å². The van der Waals surface area contributed by atoms with Gasteiger partial charge in [0.1, 0.15) is 17.4 Å². The molecule has 2 aromatic rings. The zero-order valence-electron chi connectivity index (χ0n) is 8.53. The smallest absolute Gasteiger partial charge is 0.325 e. The lowest BCUT2D eigenvalue weighted by Gasteiger charge is -2.05. The largest absolute Gasteiger partial charge is 0.480 e. The molecule has 0 fully saturated rings. The number of hydrogen-bond acceptors (Lipinski definition) is 3. The van der Waals surface area contributed by atoms with Crippen LogP contribution < -0.4 is 5.73 Å². The van der Waals surface area contributed by atoms with Crippen LogP contribution in [0.2, 0.25) is 5.02 Å². The van der Waals surface area contributed by atoms with Crippen LogP contribution in [-0.2, 0) is 4.79 Å². The number of furan rings is 1. The molecule has 0 spiro atoms. The SMILES string of the molecule is Cc1oc2cccc(Cl)c2c1C(N)C(=O)O. The highest BCUT2D eigenvalue weighted by Gasteiger charge is 2.24. The normalized spacial score (nSPS) is 12.9. The minimum atomic E-state index is -1.12.